The third-order valence-electron chi connectivity index (χ3n) is 4.64. The average molecular weight is 334 g/mol. The first-order valence-electron chi connectivity index (χ1n) is 8.99. The van der Waals surface area contributed by atoms with Gasteiger partial charge in [-0.05, 0) is 31.2 Å². The largest absolute Gasteiger partial charge is 0.481 e. The molecule has 4 heteroatoms. The molecule has 0 aromatic heterocycles. The van der Waals surface area contributed by atoms with Crippen LogP contribution in [0.15, 0.2) is 30.3 Å². The smallest absolute Gasteiger partial charge is 0.309 e. The standard InChI is InChI=1S/C20H30O4/c1-2-3-14-20(19(23)24,16-17-11-7-6-8-12-17)15-10-5-4-9-13-18(21)22/h6-8,11-12H,2-5,9-10,13-16H2,1H3,(H,21,22)(H,23,24). The molecule has 0 spiro atoms. The summed E-state index contributed by atoms with van der Waals surface area (Å²) in [6.07, 6.45) is 7.27. The molecule has 0 fully saturated rings. The Balaban J connectivity index is 2.65. The Kier molecular flexibility index (Phi) is 9.13. The Morgan fingerprint density at radius 2 is 1.54 bits per heavy atom. The van der Waals surface area contributed by atoms with Crippen LogP contribution in [0.4, 0.5) is 0 Å². The van der Waals surface area contributed by atoms with Crippen molar-refractivity contribution in [2.45, 2.75) is 71.1 Å². The number of carboxylic acid groups (broad SMARTS) is 2. The molecule has 1 rings (SSSR count). The molecule has 0 aliphatic heterocycles. The van der Waals surface area contributed by atoms with Crippen molar-refractivity contribution < 1.29 is 19.8 Å². The summed E-state index contributed by atoms with van der Waals surface area (Å²) >= 11 is 0. The molecule has 4 nitrogen and oxygen atoms in total. The molecule has 0 bridgehead atoms. The van der Waals surface area contributed by atoms with Crippen molar-refractivity contribution in [1.82, 2.24) is 0 Å². The van der Waals surface area contributed by atoms with E-state index in [0.717, 1.165) is 37.7 Å². The van der Waals surface area contributed by atoms with Crippen LogP contribution >= 0.6 is 0 Å². The van der Waals surface area contributed by atoms with Gasteiger partial charge < -0.3 is 10.2 Å². The summed E-state index contributed by atoms with van der Waals surface area (Å²) in [6, 6.07) is 9.84. The van der Waals surface area contributed by atoms with E-state index in [9.17, 15) is 14.7 Å². The fraction of sp³-hybridized carbons (Fsp3) is 0.600. The number of hydrogen-bond donors (Lipinski definition) is 2. The molecule has 0 radical (unpaired) electrons. The number of benzene rings is 1. The second kappa shape index (κ2) is 10.8. The van der Waals surface area contributed by atoms with Crippen LogP contribution in [0, 0.1) is 5.41 Å². The minimum atomic E-state index is -0.762. The average Bonchev–Trinajstić information content (AvgIpc) is 2.56. The lowest BCUT2D eigenvalue weighted by atomic mass is 9.73. The van der Waals surface area contributed by atoms with Crippen LogP contribution in [0.3, 0.4) is 0 Å². The van der Waals surface area contributed by atoms with E-state index >= 15 is 0 Å². The molecule has 2 N–H and O–H groups in total. The number of hydrogen-bond acceptors (Lipinski definition) is 2. The number of aliphatic carboxylic acids is 2. The van der Waals surface area contributed by atoms with Gasteiger partial charge in [-0.15, -0.1) is 0 Å². The molecular formula is C20H30O4. The van der Waals surface area contributed by atoms with E-state index in [1.54, 1.807) is 0 Å². The Hall–Kier alpha value is -1.84. The van der Waals surface area contributed by atoms with E-state index in [-0.39, 0.29) is 6.42 Å². The van der Waals surface area contributed by atoms with E-state index in [0.29, 0.717) is 25.7 Å². The fourth-order valence-corrected chi connectivity index (χ4v) is 3.19. The predicted molar refractivity (Wildman–Crippen MR) is 95.1 cm³/mol. The molecule has 1 aromatic rings. The van der Waals surface area contributed by atoms with Crippen LogP contribution in [0.1, 0.15) is 70.3 Å². The van der Waals surface area contributed by atoms with Gasteiger partial charge >= 0.3 is 11.9 Å². The lowest BCUT2D eigenvalue weighted by molar-refractivity contribution is -0.150. The highest BCUT2D eigenvalue weighted by molar-refractivity contribution is 5.75. The van der Waals surface area contributed by atoms with Crippen molar-refractivity contribution in [3.8, 4) is 0 Å². The first kappa shape index (κ1) is 20.2. The maximum atomic E-state index is 12.1. The highest BCUT2D eigenvalue weighted by Crippen LogP contribution is 2.36. The summed E-state index contributed by atoms with van der Waals surface area (Å²) in [7, 11) is 0. The minimum Gasteiger partial charge on any atom is -0.481 e. The normalized spacial score (nSPS) is 13.4. The lowest BCUT2D eigenvalue weighted by Gasteiger charge is -2.30. The zero-order valence-electron chi connectivity index (χ0n) is 14.7. The molecule has 0 saturated carbocycles. The highest BCUT2D eigenvalue weighted by Gasteiger charge is 2.37. The van der Waals surface area contributed by atoms with Crippen LogP contribution in [0.25, 0.3) is 0 Å². The van der Waals surface area contributed by atoms with Crippen molar-refractivity contribution in [3.05, 3.63) is 35.9 Å². The van der Waals surface area contributed by atoms with E-state index in [1.807, 2.05) is 30.3 Å². The summed E-state index contributed by atoms with van der Waals surface area (Å²) in [5.74, 6) is -1.47. The summed E-state index contributed by atoms with van der Waals surface area (Å²) < 4.78 is 0. The number of rotatable bonds is 13. The van der Waals surface area contributed by atoms with Crippen molar-refractivity contribution in [1.29, 1.82) is 0 Å². The maximum Gasteiger partial charge on any atom is 0.309 e. The van der Waals surface area contributed by atoms with E-state index in [2.05, 4.69) is 6.92 Å². The van der Waals surface area contributed by atoms with Crippen molar-refractivity contribution in [2.24, 2.45) is 5.41 Å². The van der Waals surface area contributed by atoms with Gasteiger partial charge in [0.15, 0.2) is 0 Å². The summed E-state index contributed by atoms with van der Waals surface area (Å²) in [5.41, 5.74) is 0.367. The molecule has 24 heavy (non-hydrogen) atoms. The number of carbonyl (C=O) groups is 2. The van der Waals surface area contributed by atoms with Gasteiger partial charge in [0.25, 0.3) is 0 Å². The third kappa shape index (κ3) is 7.16. The third-order valence-corrected chi connectivity index (χ3v) is 4.64. The Morgan fingerprint density at radius 3 is 2.12 bits per heavy atom. The van der Waals surface area contributed by atoms with Gasteiger partial charge in [-0.25, -0.2) is 0 Å². The van der Waals surface area contributed by atoms with Gasteiger partial charge in [-0.3, -0.25) is 9.59 Å². The van der Waals surface area contributed by atoms with Gasteiger partial charge in [-0.2, -0.15) is 0 Å². The second-order valence-electron chi connectivity index (χ2n) is 6.66. The first-order chi connectivity index (χ1) is 11.5. The summed E-state index contributed by atoms with van der Waals surface area (Å²) in [4.78, 5) is 22.6. The highest BCUT2D eigenvalue weighted by atomic mass is 16.4. The molecule has 0 heterocycles. The summed E-state index contributed by atoms with van der Waals surface area (Å²) in [5, 5.41) is 18.6. The molecule has 134 valence electrons. The summed E-state index contributed by atoms with van der Waals surface area (Å²) in [6.45, 7) is 2.08. The molecule has 1 unspecified atom stereocenters. The van der Waals surface area contributed by atoms with Crippen LogP contribution in [-0.4, -0.2) is 22.2 Å². The monoisotopic (exact) mass is 334 g/mol. The van der Waals surface area contributed by atoms with Crippen molar-refractivity contribution in [2.75, 3.05) is 0 Å². The van der Waals surface area contributed by atoms with E-state index in [1.165, 1.54) is 0 Å². The van der Waals surface area contributed by atoms with Crippen LogP contribution < -0.4 is 0 Å². The molecule has 0 aliphatic rings. The maximum absolute atomic E-state index is 12.1. The zero-order valence-corrected chi connectivity index (χ0v) is 14.7. The molecule has 0 aliphatic carbocycles. The molecule has 0 amide bonds. The van der Waals surface area contributed by atoms with E-state index in [4.69, 9.17) is 5.11 Å². The Labute approximate surface area is 144 Å². The predicted octanol–water partition coefficient (Wildman–Crippen LogP) is 4.92. The number of unbranched alkanes of at least 4 members (excludes halogenated alkanes) is 4. The lowest BCUT2D eigenvalue weighted by Crippen LogP contribution is -2.33. The van der Waals surface area contributed by atoms with Crippen LogP contribution in [0.5, 0.6) is 0 Å². The van der Waals surface area contributed by atoms with Gasteiger partial charge in [0.1, 0.15) is 0 Å². The SMILES string of the molecule is CCCCC(CCCCCCC(=O)O)(Cc1ccccc1)C(=O)O. The van der Waals surface area contributed by atoms with Gasteiger partial charge in [0, 0.05) is 6.42 Å². The molecule has 1 aromatic carbocycles. The minimum absolute atomic E-state index is 0.198. The molecule has 0 saturated heterocycles. The van der Waals surface area contributed by atoms with Crippen LogP contribution in [-0.2, 0) is 16.0 Å². The Bertz CT molecular complexity index is 498. The van der Waals surface area contributed by atoms with Gasteiger partial charge in [0.05, 0.1) is 5.41 Å². The van der Waals surface area contributed by atoms with Crippen molar-refractivity contribution >= 4 is 11.9 Å². The zero-order chi connectivity index (χ0) is 17.8. The van der Waals surface area contributed by atoms with E-state index < -0.39 is 17.4 Å². The number of carboxylic acids is 2. The van der Waals surface area contributed by atoms with Gasteiger partial charge in [0.2, 0.25) is 0 Å². The van der Waals surface area contributed by atoms with Gasteiger partial charge in [-0.1, -0.05) is 69.4 Å². The molecular weight excluding hydrogens is 304 g/mol. The second-order valence-corrected chi connectivity index (χ2v) is 6.66. The fourth-order valence-electron chi connectivity index (χ4n) is 3.19. The molecule has 1 atom stereocenters. The van der Waals surface area contributed by atoms with Crippen molar-refractivity contribution in [3.63, 3.8) is 0 Å². The Morgan fingerprint density at radius 1 is 0.917 bits per heavy atom. The quantitative estimate of drug-likeness (QED) is 0.502. The first-order valence-corrected chi connectivity index (χ1v) is 8.99. The van der Waals surface area contributed by atoms with Crippen LogP contribution in [0.2, 0.25) is 0 Å². The topological polar surface area (TPSA) is 74.6 Å².